The Morgan fingerprint density at radius 1 is 1.67 bits per heavy atom. The van der Waals surface area contributed by atoms with Crippen molar-refractivity contribution in [1.82, 2.24) is 14.8 Å². The van der Waals surface area contributed by atoms with E-state index in [-0.39, 0.29) is 10.9 Å². The Balaban J connectivity index is 2.20. The Kier molecular flexibility index (Phi) is 4.62. The molecule has 2 aromatic heterocycles. The van der Waals surface area contributed by atoms with Gasteiger partial charge >= 0.3 is 5.69 Å². The number of thiophene rings is 1. The van der Waals surface area contributed by atoms with Gasteiger partial charge in [0.15, 0.2) is 5.16 Å². The zero-order valence-electron chi connectivity index (χ0n) is 10.1. The van der Waals surface area contributed by atoms with E-state index in [9.17, 15) is 4.79 Å². The minimum absolute atomic E-state index is 0.141. The van der Waals surface area contributed by atoms with Gasteiger partial charge in [-0.25, -0.2) is 9.89 Å². The monoisotopic (exact) mass is 284 g/mol. The largest absolute Gasteiger partial charge is 0.343 e. The zero-order valence-corrected chi connectivity index (χ0v) is 11.8. The molecule has 3 N–H and O–H groups in total. The van der Waals surface area contributed by atoms with Crippen molar-refractivity contribution in [3.8, 4) is 0 Å². The number of thioether (sulfide) groups is 1. The van der Waals surface area contributed by atoms with Crippen molar-refractivity contribution >= 4 is 23.1 Å². The maximum atomic E-state index is 11.6. The van der Waals surface area contributed by atoms with Crippen molar-refractivity contribution in [3.63, 3.8) is 0 Å². The maximum absolute atomic E-state index is 11.6. The average Bonchev–Trinajstić information content (AvgIpc) is 3.00. The number of aromatic nitrogens is 3. The van der Waals surface area contributed by atoms with Crippen LogP contribution >= 0.6 is 23.1 Å². The second-order valence-electron chi connectivity index (χ2n) is 3.86. The van der Waals surface area contributed by atoms with Gasteiger partial charge in [0.05, 0.1) is 5.25 Å². The molecular weight excluding hydrogens is 268 g/mol. The summed E-state index contributed by atoms with van der Waals surface area (Å²) in [7, 11) is 0. The molecule has 0 aliphatic heterocycles. The molecular formula is C11H16N4OS2. The normalized spacial score (nSPS) is 12.8. The van der Waals surface area contributed by atoms with Crippen LogP contribution in [0.25, 0.3) is 0 Å². The SMILES string of the molecule is CCCn1c(SC(CN)c2ccsc2)n[nH]c1=O. The van der Waals surface area contributed by atoms with E-state index in [2.05, 4.69) is 21.6 Å². The van der Waals surface area contributed by atoms with Gasteiger partial charge in [-0.2, -0.15) is 11.3 Å². The molecule has 0 fully saturated rings. The molecule has 7 heteroatoms. The van der Waals surface area contributed by atoms with Crippen molar-refractivity contribution in [2.45, 2.75) is 30.3 Å². The first kappa shape index (κ1) is 13.4. The Bertz CT molecular complexity index is 531. The number of H-pyrrole nitrogens is 1. The van der Waals surface area contributed by atoms with Crippen LogP contribution in [0.2, 0.25) is 0 Å². The summed E-state index contributed by atoms with van der Waals surface area (Å²) >= 11 is 3.18. The standard InChI is InChI=1S/C11H16N4OS2/c1-2-4-15-10(16)13-14-11(15)18-9(6-12)8-3-5-17-7-8/h3,5,7,9H,2,4,6,12H2,1H3,(H,13,16). The highest BCUT2D eigenvalue weighted by atomic mass is 32.2. The Morgan fingerprint density at radius 3 is 3.11 bits per heavy atom. The third-order valence-corrected chi connectivity index (χ3v) is 4.52. The van der Waals surface area contributed by atoms with E-state index in [0.29, 0.717) is 18.2 Å². The lowest BCUT2D eigenvalue weighted by molar-refractivity contribution is 0.602. The van der Waals surface area contributed by atoms with Crippen LogP contribution in [-0.4, -0.2) is 21.3 Å². The summed E-state index contributed by atoms with van der Waals surface area (Å²) in [6.45, 7) is 3.24. The molecule has 0 saturated heterocycles. The van der Waals surface area contributed by atoms with Gasteiger partial charge < -0.3 is 5.73 Å². The third kappa shape index (κ3) is 2.85. The molecule has 1 unspecified atom stereocenters. The van der Waals surface area contributed by atoms with Crippen molar-refractivity contribution in [2.24, 2.45) is 5.73 Å². The van der Waals surface area contributed by atoms with Gasteiger partial charge in [-0.15, -0.1) is 5.10 Å². The van der Waals surface area contributed by atoms with Gasteiger partial charge in [-0.3, -0.25) is 4.57 Å². The summed E-state index contributed by atoms with van der Waals surface area (Å²) in [5.74, 6) is 0. The quantitative estimate of drug-likeness (QED) is 0.794. The highest BCUT2D eigenvalue weighted by molar-refractivity contribution is 7.99. The number of nitrogens with one attached hydrogen (secondary N) is 1. The topological polar surface area (TPSA) is 76.7 Å². The number of nitrogens with two attached hydrogens (primary N) is 1. The summed E-state index contributed by atoms with van der Waals surface area (Å²) in [6, 6.07) is 2.06. The van der Waals surface area contributed by atoms with Crippen molar-refractivity contribution < 1.29 is 0 Å². The van der Waals surface area contributed by atoms with Crippen molar-refractivity contribution in [1.29, 1.82) is 0 Å². The van der Waals surface area contributed by atoms with Gasteiger partial charge in [0.2, 0.25) is 0 Å². The second kappa shape index (κ2) is 6.21. The fourth-order valence-corrected chi connectivity index (χ4v) is 3.49. The Hall–Kier alpha value is -1.05. The highest BCUT2D eigenvalue weighted by Crippen LogP contribution is 2.33. The Labute approximate surface area is 113 Å². The van der Waals surface area contributed by atoms with E-state index in [1.54, 1.807) is 15.9 Å². The molecule has 98 valence electrons. The van der Waals surface area contributed by atoms with E-state index < -0.39 is 0 Å². The van der Waals surface area contributed by atoms with Gasteiger partial charge in [-0.05, 0) is 28.8 Å². The molecule has 0 radical (unpaired) electrons. The van der Waals surface area contributed by atoms with Crippen LogP contribution in [0.3, 0.4) is 0 Å². The lowest BCUT2D eigenvalue weighted by Gasteiger charge is -2.12. The van der Waals surface area contributed by atoms with Gasteiger partial charge in [0, 0.05) is 13.1 Å². The van der Waals surface area contributed by atoms with Crippen LogP contribution in [0, 0.1) is 0 Å². The predicted molar refractivity (Wildman–Crippen MR) is 75.1 cm³/mol. The lowest BCUT2D eigenvalue weighted by atomic mass is 10.2. The third-order valence-electron chi connectivity index (χ3n) is 2.55. The molecule has 0 aromatic carbocycles. The first-order valence-electron chi connectivity index (χ1n) is 5.80. The molecule has 2 rings (SSSR count). The highest BCUT2D eigenvalue weighted by Gasteiger charge is 2.16. The molecule has 2 heterocycles. The fraction of sp³-hybridized carbons (Fsp3) is 0.455. The summed E-state index contributed by atoms with van der Waals surface area (Å²) < 4.78 is 1.67. The van der Waals surface area contributed by atoms with Gasteiger partial charge in [0.25, 0.3) is 0 Å². The van der Waals surface area contributed by atoms with E-state index >= 15 is 0 Å². The smallest absolute Gasteiger partial charge is 0.329 e. The van der Waals surface area contributed by atoms with Crippen LogP contribution in [0.5, 0.6) is 0 Å². The second-order valence-corrected chi connectivity index (χ2v) is 5.81. The van der Waals surface area contributed by atoms with E-state index in [1.807, 2.05) is 12.3 Å². The minimum atomic E-state index is -0.152. The van der Waals surface area contributed by atoms with Gasteiger partial charge in [0.1, 0.15) is 0 Å². The average molecular weight is 284 g/mol. The van der Waals surface area contributed by atoms with E-state index in [1.165, 1.54) is 17.3 Å². The molecule has 0 aliphatic rings. The molecule has 0 amide bonds. The van der Waals surface area contributed by atoms with Crippen LogP contribution in [0.4, 0.5) is 0 Å². The molecule has 18 heavy (non-hydrogen) atoms. The molecule has 0 saturated carbocycles. The lowest BCUT2D eigenvalue weighted by Crippen LogP contribution is -2.18. The Morgan fingerprint density at radius 2 is 2.50 bits per heavy atom. The predicted octanol–water partition coefficient (Wildman–Crippen LogP) is 1.83. The first-order valence-corrected chi connectivity index (χ1v) is 7.62. The number of hydrogen-bond acceptors (Lipinski definition) is 5. The molecule has 2 aromatic rings. The van der Waals surface area contributed by atoms with Gasteiger partial charge in [-0.1, -0.05) is 18.7 Å². The van der Waals surface area contributed by atoms with E-state index in [4.69, 9.17) is 5.73 Å². The molecule has 0 spiro atoms. The number of nitrogens with zero attached hydrogens (tertiary/aromatic N) is 2. The number of rotatable bonds is 6. The summed E-state index contributed by atoms with van der Waals surface area (Å²) in [4.78, 5) is 11.6. The molecule has 1 atom stereocenters. The number of hydrogen-bond donors (Lipinski definition) is 2. The maximum Gasteiger partial charge on any atom is 0.343 e. The van der Waals surface area contributed by atoms with Crippen LogP contribution in [0.1, 0.15) is 24.2 Å². The molecule has 0 aliphatic carbocycles. The summed E-state index contributed by atoms with van der Waals surface area (Å²) in [5.41, 5.74) is 6.83. The van der Waals surface area contributed by atoms with Crippen LogP contribution in [-0.2, 0) is 6.54 Å². The molecule has 5 nitrogen and oxygen atoms in total. The minimum Gasteiger partial charge on any atom is -0.329 e. The summed E-state index contributed by atoms with van der Waals surface area (Å²) in [6.07, 6.45) is 0.902. The van der Waals surface area contributed by atoms with E-state index in [0.717, 1.165) is 6.42 Å². The van der Waals surface area contributed by atoms with Crippen molar-refractivity contribution in [2.75, 3.05) is 6.54 Å². The fourth-order valence-electron chi connectivity index (χ4n) is 1.65. The zero-order chi connectivity index (χ0) is 13.0. The summed E-state index contributed by atoms with van der Waals surface area (Å²) in [5, 5.41) is 11.5. The first-order chi connectivity index (χ1) is 8.76. The van der Waals surface area contributed by atoms with Crippen molar-refractivity contribution in [3.05, 3.63) is 32.9 Å². The molecule has 0 bridgehead atoms. The number of aromatic amines is 1. The van der Waals surface area contributed by atoms with Crippen LogP contribution in [0.15, 0.2) is 26.8 Å². The van der Waals surface area contributed by atoms with Crippen LogP contribution < -0.4 is 11.4 Å².